The highest BCUT2D eigenvalue weighted by Crippen LogP contribution is 2.21. The molecule has 1 aliphatic rings. The van der Waals surface area contributed by atoms with Crippen LogP contribution in [0.1, 0.15) is 12.8 Å². The molecule has 0 radical (unpaired) electrons. The zero-order valence-corrected chi connectivity index (χ0v) is 10.6. The van der Waals surface area contributed by atoms with E-state index in [0.29, 0.717) is 17.5 Å². The van der Waals surface area contributed by atoms with Crippen molar-refractivity contribution < 1.29 is 9.13 Å². The van der Waals surface area contributed by atoms with Crippen molar-refractivity contribution in [3.8, 4) is 11.5 Å². The maximum Gasteiger partial charge on any atom is 0.165 e. The predicted octanol–water partition coefficient (Wildman–Crippen LogP) is 2.57. The van der Waals surface area contributed by atoms with Crippen molar-refractivity contribution in [2.75, 3.05) is 6.54 Å². The number of rotatable bonds is 4. The van der Waals surface area contributed by atoms with Gasteiger partial charge in [0.2, 0.25) is 0 Å². The van der Waals surface area contributed by atoms with Crippen LogP contribution >= 0.6 is 0 Å². The SMILES string of the molecule is Fc1cccc(Oc2cnn(CC3CCCN3)c2)c1. The molecule has 1 fully saturated rings. The van der Waals surface area contributed by atoms with Gasteiger partial charge in [-0.3, -0.25) is 4.68 Å². The minimum absolute atomic E-state index is 0.306. The number of aromatic nitrogens is 2. The van der Waals surface area contributed by atoms with Crippen molar-refractivity contribution in [2.24, 2.45) is 0 Å². The fraction of sp³-hybridized carbons (Fsp3) is 0.357. The second kappa shape index (κ2) is 5.40. The fourth-order valence-corrected chi connectivity index (χ4v) is 2.30. The highest BCUT2D eigenvalue weighted by molar-refractivity contribution is 5.28. The smallest absolute Gasteiger partial charge is 0.165 e. The minimum atomic E-state index is -0.306. The highest BCUT2D eigenvalue weighted by atomic mass is 19.1. The molecule has 2 heterocycles. The summed E-state index contributed by atoms with van der Waals surface area (Å²) < 4.78 is 20.5. The number of halogens is 1. The summed E-state index contributed by atoms with van der Waals surface area (Å²) >= 11 is 0. The van der Waals surface area contributed by atoms with Crippen LogP contribution in [-0.2, 0) is 6.54 Å². The first-order valence-electron chi connectivity index (χ1n) is 6.49. The average Bonchev–Trinajstić information content (AvgIpc) is 3.02. The van der Waals surface area contributed by atoms with Crippen LogP contribution in [0.4, 0.5) is 4.39 Å². The Labute approximate surface area is 111 Å². The van der Waals surface area contributed by atoms with E-state index in [2.05, 4.69) is 10.4 Å². The van der Waals surface area contributed by atoms with Crippen LogP contribution in [0.15, 0.2) is 36.7 Å². The maximum atomic E-state index is 13.0. The number of benzene rings is 1. The van der Waals surface area contributed by atoms with Crippen LogP contribution < -0.4 is 10.1 Å². The first-order valence-corrected chi connectivity index (χ1v) is 6.49. The summed E-state index contributed by atoms with van der Waals surface area (Å²) in [5.41, 5.74) is 0. The largest absolute Gasteiger partial charge is 0.454 e. The Kier molecular flexibility index (Phi) is 3.46. The van der Waals surface area contributed by atoms with Crippen molar-refractivity contribution in [1.29, 1.82) is 0 Å². The van der Waals surface area contributed by atoms with Crippen LogP contribution in [0, 0.1) is 5.82 Å². The molecule has 3 rings (SSSR count). The third-order valence-electron chi connectivity index (χ3n) is 3.21. The van der Waals surface area contributed by atoms with Gasteiger partial charge in [0.25, 0.3) is 0 Å². The first kappa shape index (κ1) is 12.2. The lowest BCUT2D eigenvalue weighted by Gasteiger charge is -2.09. The molecule has 0 spiro atoms. The molecule has 0 amide bonds. The number of hydrogen-bond acceptors (Lipinski definition) is 3. The fourth-order valence-electron chi connectivity index (χ4n) is 2.30. The van der Waals surface area contributed by atoms with Gasteiger partial charge in [0.1, 0.15) is 11.6 Å². The zero-order chi connectivity index (χ0) is 13.1. The molecular weight excluding hydrogens is 245 g/mol. The summed E-state index contributed by atoms with van der Waals surface area (Å²) in [5.74, 6) is 0.808. The van der Waals surface area contributed by atoms with Crippen LogP contribution in [0.5, 0.6) is 11.5 Å². The third-order valence-corrected chi connectivity index (χ3v) is 3.21. The van der Waals surface area contributed by atoms with Crippen molar-refractivity contribution in [3.63, 3.8) is 0 Å². The second-order valence-corrected chi connectivity index (χ2v) is 4.75. The Morgan fingerprint density at radius 2 is 2.37 bits per heavy atom. The average molecular weight is 261 g/mol. The Morgan fingerprint density at radius 3 is 3.16 bits per heavy atom. The molecule has 1 N–H and O–H groups in total. The van der Waals surface area contributed by atoms with Gasteiger partial charge < -0.3 is 10.1 Å². The van der Waals surface area contributed by atoms with Gasteiger partial charge in [0.15, 0.2) is 5.75 Å². The first-order chi connectivity index (χ1) is 9.29. The standard InChI is InChI=1S/C14H16FN3O/c15-11-3-1-5-13(7-11)19-14-8-17-18(10-14)9-12-4-2-6-16-12/h1,3,5,7-8,10,12,16H,2,4,6,9H2. The summed E-state index contributed by atoms with van der Waals surface area (Å²) in [7, 11) is 0. The van der Waals surface area contributed by atoms with Crippen LogP contribution in [0.3, 0.4) is 0 Å². The Balaban J connectivity index is 1.64. The van der Waals surface area contributed by atoms with Gasteiger partial charge in [-0.1, -0.05) is 6.07 Å². The van der Waals surface area contributed by atoms with E-state index in [4.69, 9.17) is 4.74 Å². The van der Waals surface area contributed by atoms with Gasteiger partial charge in [0.05, 0.1) is 18.9 Å². The van der Waals surface area contributed by atoms with Gasteiger partial charge in [-0.25, -0.2) is 4.39 Å². The van der Waals surface area contributed by atoms with E-state index in [-0.39, 0.29) is 5.82 Å². The zero-order valence-electron chi connectivity index (χ0n) is 10.6. The van der Waals surface area contributed by atoms with E-state index in [9.17, 15) is 4.39 Å². The molecule has 0 aliphatic carbocycles. The molecule has 1 atom stereocenters. The van der Waals surface area contributed by atoms with Gasteiger partial charge in [-0.15, -0.1) is 0 Å². The molecule has 1 aliphatic heterocycles. The monoisotopic (exact) mass is 261 g/mol. The number of nitrogens with zero attached hydrogens (tertiary/aromatic N) is 2. The van der Waals surface area contributed by atoms with Crippen molar-refractivity contribution >= 4 is 0 Å². The molecule has 1 aromatic carbocycles. The summed E-state index contributed by atoms with van der Waals surface area (Å²) in [5, 5.41) is 7.68. The van der Waals surface area contributed by atoms with E-state index in [0.717, 1.165) is 13.1 Å². The summed E-state index contributed by atoms with van der Waals surface area (Å²) in [6, 6.07) is 6.58. The Bertz CT molecular complexity index is 549. The van der Waals surface area contributed by atoms with Crippen molar-refractivity contribution in [2.45, 2.75) is 25.4 Å². The van der Waals surface area contributed by atoms with E-state index in [1.165, 1.54) is 25.0 Å². The summed E-state index contributed by atoms with van der Waals surface area (Å²) in [4.78, 5) is 0. The third kappa shape index (κ3) is 3.12. The lowest BCUT2D eigenvalue weighted by molar-refractivity contribution is 0.463. The van der Waals surface area contributed by atoms with Crippen LogP contribution in [-0.4, -0.2) is 22.4 Å². The molecule has 0 bridgehead atoms. The molecule has 5 heteroatoms. The van der Waals surface area contributed by atoms with Crippen molar-refractivity contribution in [3.05, 3.63) is 42.5 Å². The molecule has 4 nitrogen and oxygen atoms in total. The lowest BCUT2D eigenvalue weighted by Crippen LogP contribution is -2.26. The van der Waals surface area contributed by atoms with Gasteiger partial charge in [-0.2, -0.15) is 5.10 Å². The van der Waals surface area contributed by atoms with Gasteiger partial charge in [-0.05, 0) is 31.5 Å². The van der Waals surface area contributed by atoms with Gasteiger partial charge >= 0.3 is 0 Å². The number of hydrogen-bond donors (Lipinski definition) is 1. The molecule has 19 heavy (non-hydrogen) atoms. The Morgan fingerprint density at radius 1 is 1.42 bits per heavy atom. The number of nitrogens with one attached hydrogen (secondary N) is 1. The van der Waals surface area contributed by atoms with Crippen LogP contribution in [0.25, 0.3) is 0 Å². The van der Waals surface area contributed by atoms with E-state index >= 15 is 0 Å². The summed E-state index contributed by atoms with van der Waals surface area (Å²) in [6.07, 6.45) is 5.89. The predicted molar refractivity (Wildman–Crippen MR) is 69.7 cm³/mol. The molecule has 100 valence electrons. The Hall–Kier alpha value is -1.88. The van der Waals surface area contributed by atoms with E-state index in [1.54, 1.807) is 18.3 Å². The van der Waals surface area contributed by atoms with Gasteiger partial charge in [0, 0.05) is 12.1 Å². The normalized spacial score (nSPS) is 18.7. The van der Waals surface area contributed by atoms with E-state index < -0.39 is 0 Å². The minimum Gasteiger partial charge on any atom is -0.454 e. The maximum absolute atomic E-state index is 13.0. The van der Waals surface area contributed by atoms with Crippen LogP contribution in [0.2, 0.25) is 0 Å². The summed E-state index contributed by atoms with van der Waals surface area (Å²) in [6.45, 7) is 1.92. The van der Waals surface area contributed by atoms with Crippen molar-refractivity contribution in [1.82, 2.24) is 15.1 Å². The molecule has 1 saturated heterocycles. The molecule has 0 saturated carbocycles. The second-order valence-electron chi connectivity index (χ2n) is 4.75. The topological polar surface area (TPSA) is 39.1 Å². The molecule has 2 aromatic rings. The highest BCUT2D eigenvalue weighted by Gasteiger charge is 2.15. The molecular formula is C14H16FN3O. The lowest BCUT2D eigenvalue weighted by atomic mass is 10.2. The molecule has 1 unspecified atom stereocenters. The molecule has 1 aromatic heterocycles. The number of ether oxygens (including phenoxy) is 1. The van der Waals surface area contributed by atoms with E-state index in [1.807, 2.05) is 10.9 Å². The quantitative estimate of drug-likeness (QED) is 0.919.